The molecule has 1 N–H and O–H groups in total. The van der Waals surface area contributed by atoms with Crippen LogP contribution in [-0.4, -0.2) is 10.9 Å². The van der Waals surface area contributed by atoms with Crippen LogP contribution in [-0.2, 0) is 0 Å². The van der Waals surface area contributed by atoms with E-state index in [1.807, 2.05) is 6.07 Å². The van der Waals surface area contributed by atoms with E-state index in [1.165, 1.54) is 6.92 Å². The van der Waals surface area contributed by atoms with Crippen molar-refractivity contribution in [1.29, 1.82) is 0 Å². The number of rotatable bonds is 3. The molecule has 1 aromatic rings. The van der Waals surface area contributed by atoms with Crippen molar-refractivity contribution in [3.8, 4) is 5.75 Å². The van der Waals surface area contributed by atoms with Crippen LogP contribution in [0.5, 0.6) is 5.75 Å². The molecule has 0 aliphatic carbocycles. The van der Waals surface area contributed by atoms with E-state index in [-0.39, 0.29) is 11.5 Å². The van der Waals surface area contributed by atoms with Crippen LogP contribution in [0, 0.1) is 0 Å². The van der Waals surface area contributed by atoms with E-state index in [0.717, 1.165) is 12.0 Å². The fourth-order valence-electron chi connectivity index (χ4n) is 1.38. The summed E-state index contributed by atoms with van der Waals surface area (Å²) in [5.74, 6) is 0.408. The van der Waals surface area contributed by atoms with Crippen LogP contribution in [0.2, 0.25) is 0 Å². The number of benzene rings is 1. The average molecular weight is 192 g/mol. The Labute approximate surface area is 84.6 Å². The lowest BCUT2D eigenvalue weighted by Crippen LogP contribution is -1.97. The van der Waals surface area contributed by atoms with Gasteiger partial charge in [-0.1, -0.05) is 19.9 Å². The second-order valence-electron chi connectivity index (χ2n) is 3.64. The van der Waals surface area contributed by atoms with Crippen molar-refractivity contribution in [2.24, 2.45) is 0 Å². The van der Waals surface area contributed by atoms with E-state index >= 15 is 0 Å². The Balaban J connectivity index is 3.12. The first-order valence-corrected chi connectivity index (χ1v) is 4.90. The third-order valence-electron chi connectivity index (χ3n) is 2.58. The summed E-state index contributed by atoms with van der Waals surface area (Å²) in [6.07, 6.45) is 1.03. The van der Waals surface area contributed by atoms with Crippen molar-refractivity contribution >= 4 is 5.78 Å². The second kappa shape index (κ2) is 4.27. The number of phenolic OH excluding ortho intramolecular Hbond substituents is 1. The molecule has 1 aromatic carbocycles. The molecule has 0 aliphatic rings. The molecule has 0 saturated carbocycles. The third-order valence-corrected chi connectivity index (χ3v) is 2.58. The van der Waals surface area contributed by atoms with Gasteiger partial charge in [-0.05, 0) is 37.0 Å². The summed E-state index contributed by atoms with van der Waals surface area (Å²) in [6, 6.07) is 5.25. The SMILES string of the molecule is CCC(C)c1ccc(O)c(C(C)=O)c1. The maximum atomic E-state index is 11.2. The van der Waals surface area contributed by atoms with E-state index in [1.54, 1.807) is 12.1 Å². The Hall–Kier alpha value is -1.31. The van der Waals surface area contributed by atoms with Crippen molar-refractivity contribution in [2.75, 3.05) is 0 Å². The summed E-state index contributed by atoms with van der Waals surface area (Å²) >= 11 is 0. The number of hydrogen-bond donors (Lipinski definition) is 1. The smallest absolute Gasteiger partial charge is 0.163 e. The van der Waals surface area contributed by atoms with Gasteiger partial charge in [-0.2, -0.15) is 0 Å². The minimum atomic E-state index is -0.0901. The Morgan fingerprint density at radius 1 is 1.50 bits per heavy atom. The van der Waals surface area contributed by atoms with E-state index in [2.05, 4.69) is 13.8 Å². The largest absolute Gasteiger partial charge is 0.507 e. The topological polar surface area (TPSA) is 37.3 Å². The molecule has 2 nitrogen and oxygen atoms in total. The third kappa shape index (κ3) is 2.13. The highest BCUT2D eigenvalue weighted by Gasteiger charge is 2.10. The zero-order valence-electron chi connectivity index (χ0n) is 8.87. The minimum Gasteiger partial charge on any atom is -0.507 e. The molecule has 0 spiro atoms. The first-order valence-electron chi connectivity index (χ1n) is 4.90. The summed E-state index contributed by atoms with van der Waals surface area (Å²) in [5, 5.41) is 9.44. The molecular weight excluding hydrogens is 176 g/mol. The number of carbonyl (C=O) groups excluding carboxylic acids is 1. The summed E-state index contributed by atoms with van der Waals surface area (Å²) < 4.78 is 0. The standard InChI is InChI=1S/C12H16O2/c1-4-8(2)10-5-6-12(14)11(7-10)9(3)13/h5-8,14H,4H2,1-3H3. The molecular formula is C12H16O2. The molecule has 14 heavy (non-hydrogen) atoms. The van der Waals surface area contributed by atoms with Crippen LogP contribution in [0.15, 0.2) is 18.2 Å². The molecule has 0 heterocycles. The van der Waals surface area contributed by atoms with Gasteiger partial charge in [0.15, 0.2) is 5.78 Å². The Bertz CT molecular complexity index is 342. The molecule has 0 saturated heterocycles. The number of ketones is 1. The molecule has 1 rings (SSSR count). The van der Waals surface area contributed by atoms with Crippen molar-refractivity contribution in [2.45, 2.75) is 33.1 Å². The number of hydrogen-bond acceptors (Lipinski definition) is 2. The number of phenols is 1. The van der Waals surface area contributed by atoms with Gasteiger partial charge in [0.1, 0.15) is 5.75 Å². The maximum absolute atomic E-state index is 11.2. The number of Topliss-reactive ketones (excluding diaryl/α,β-unsaturated/α-hetero) is 1. The van der Waals surface area contributed by atoms with E-state index in [4.69, 9.17) is 0 Å². The predicted octanol–water partition coefficient (Wildman–Crippen LogP) is 3.11. The first kappa shape index (κ1) is 10.8. The van der Waals surface area contributed by atoms with E-state index in [0.29, 0.717) is 11.5 Å². The van der Waals surface area contributed by atoms with Crippen LogP contribution in [0.4, 0.5) is 0 Å². The molecule has 0 aliphatic heterocycles. The fraction of sp³-hybridized carbons (Fsp3) is 0.417. The normalized spacial score (nSPS) is 12.5. The quantitative estimate of drug-likeness (QED) is 0.747. The van der Waals surface area contributed by atoms with Gasteiger partial charge in [-0.25, -0.2) is 0 Å². The summed E-state index contributed by atoms with van der Waals surface area (Å²) in [4.78, 5) is 11.2. The van der Waals surface area contributed by atoms with Crippen LogP contribution >= 0.6 is 0 Å². The van der Waals surface area contributed by atoms with Crippen LogP contribution in [0.25, 0.3) is 0 Å². The van der Waals surface area contributed by atoms with Gasteiger partial charge in [0.05, 0.1) is 5.56 Å². The Kier molecular flexibility index (Phi) is 3.28. The average Bonchev–Trinajstić information content (AvgIpc) is 2.17. The minimum absolute atomic E-state index is 0.0737. The van der Waals surface area contributed by atoms with Gasteiger partial charge >= 0.3 is 0 Å². The first-order chi connectivity index (χ1) is 6.56. The molecule has 1 unspecified atom stereocenters. The maximum Gasteiger partial charge on any atom is 0.163 e. The van der Waals surface area contributed by atoms with Crippen LogP contribution in [0.1, 0.15) is 49.0 Å². The van der Waals surface area contributed by atoms with Crippen molar-refractivity contribution in [3.63, 3.8) is 0 Å². The van der Waals surface area contributed by atoms with Crippen LogP contribution < -0.4 is 0 Å². The molecule has 0 bridgehead atoms. The van der Waals surface area contributed by atoms with E-state index in [9.17, 15) is 9.90 Å². The van der Waals surface area contributed by atoms with Gasteiger partial charge in [-0.3, -0.25) is 4.79 Å². The van der Waals surface area contributed by atoms with E-state index < -0.39 is 0 Å². The van der Waals surface area contributed by atoms with Gasteiger partial charge in [0.2, 0.25) is 0 Å². The van der Waals surface area contributed by atoms with Crippen molar-refractivity contribution in [3.05, 3.63) is 29.3 Å². The molecule has 2 heteroatoms. The van der Waals surface area contributed by atoms with Gasteiger partial charge in [0, 0.05) is 0 Å². The lowest BCUT2D eigenvalue weighted by atomic mass is 9.95. The lowest BCUT2D eigenvalue weighted by Gasteiger charge is -2.10. The van der Waals surface area contributed by atoms with Gasteiger partial charge in [-0.15, -0.1) is 0 Å². The van der Waals surface area contributed by atoms with Gasteiger partial charge in [0.25, 0.3) is 0 Å². The zero-order chi connectivity index (χ0) is 10.7. The molecule has 0 amide bonds. The Morgan fingerprint density at radius 3 is 2.64 bits per heavy atom. The number of carbonyl (C=O) groups is 1. The highest BCUT2D eigenvalue weighted by molar-refractivity contribution is 5.96. The lowest BCUT2D eigenvalue weighted by molar-refractivity contribution is 0.101. The predicted molar refractivity (Wildman–Crippen MR) is 56.8 cm³/mol. The fourth-order valence-corrected chi connectivity index (χ4v) is 1.38. The van der Waals surface area contributed by atoms with Crippen LogP contribution in [0.3, 0.4) is 0 Å². The molecule has 1 atom stereocenters. The summed E-state index contributed by atoms with van der Waals surface area (Å²) in [6.45, 7) is 5.68. The molecule has 0 radical (unpaired) electrons. The summed E-state index contributed by atoms with van der Waals surface area (Å²) in [7, 11) is 0. The Morgan fingerprint density at radius 2 is 2.14 bits per heavy atom. The van der Waals surface area contributed by atoms with Crippen molar-refractivity contribution < 1.29 is 9.90 Å². The second-order valence-corrected chi connectivity index (χ2v) is 3.64. The molecule has 0 fully saturated rings. The molecule has 76 valence electrons. The number of aromatic hydroxyl groups is 1. The monoisotopic (exact) mass is 192 g/mol. The highest BCUT2D eigenvalue weighted by Crippen LogP contribution is 2.25. The highest BCUT2D eigenvalue weighted by atomic mass is 16.3. The molecule has 0 aromatic heterocycles. The summed E-state index contributed by atoms with van der Waals surface area (Å²) in [5.41, 5.74) is 1.53. The zero-order valence-corrected chi connectivity index (χ0v) is 8.87. The van der Waals surface area contributed by atoms with Gasteiger partial charge < -0.3 is 5.11 Å². The van der Waals surface area contributed by atoms with Crippen molar-refractivity contribution in [1.82, 2.24) is 0 Å².